The molecule has 1 N–H and O–H groups in total. The molecule has 0 aliphatic carbocycles. The Morgan fingerprint density at radius 1 is 1.03 bits per heavy atom. The number of nitrogens with zero attached hydrogens (tertiary/aromatic N) is 1. The van der Waals surface area contributed by atoms with Gasteiger partial charge in [-0.1, -0.05) is 13.3 Å². The molecule has 2 aromatic rings. The molecule has 0 atom stereocenters. The molecule has 0 spiro atoms. The highest BCUT2D eigenvalue weighted by Gasteiger charge is 2.24. The Morgan fingerprint density at radius 3 is 2.33 bits per heavy atom. The maximum atomic E-state index is 12.8. The molecule has 1 aliphatic heterocycles. The lowest BCUT2D eigenvalue weighted by molar-refractivity contribution is -0.118. The number of fused-ring (bicyclic) bond motifs is 1. The largest absolute Gasteiger partial charge is 0.493 e. The van der Waals surface area contributed by atoms with Crippen LogP contribution in [0.1, 0.15) is 42.1 Å². The second-order valence-electron chi connectivity index (χ2n) is 7.11. The molecule has 160 valence electrons. The number of hydrogen-bond acceptors (Lipinski definition) is 5. The predicted octanol–water partition coefficient (Wildman–Crippen LogP) is 4.04. The van der Waals surface area contributed by atoms with Crippen molar-refractivity contribution >= 4 is 23.2 Å². The number of carbonyl (C=O) groups excluding carboxylic acids is 2. The molecule has 0 fully saturated rings. The zero-order valence-electron chi connectivity index (χ0n) is 17.9. The molecule has 0 aromatic heterocycles. The van der Waals surface area contributed by atoms with Crippen molar-refractivity contribution in [2.75, 3.05) is 38.1 Å². The molecule has 0 bridgehead atoms. The number of anilines is 2. The lowest BCUT2D eigenvalue weighted by atomic mass is 10.00. The number of ether oxygens (including phenoxy) is 3. The normalized spacial score (nSPS) is 12.9. The van der Waals surface area contributed by atoms with Gasteiger partial charge in [-0.15, -0.1) is 0 Å². The molecule has 1 heterocycles. The average Bonchev–Trinajstić information content (AvgIpc) is 2.77. The summed E-state index contributed by atoms with van der Waals surface area (Å²) in [4.78, 5) is 27.0. The van der Waals surface area contributed by atoms with Crippen molar-refractivity contribution in [3.05, 3.63) is 41.5 Å². The molecule has 7 heteroatoms. The molecule has 2 aromatic carbocycles. The summed E-state index contributed by atoms with van der Waals surface area (Å²) in [5.41, 5.74) is 3.07. The standard InChI is InChI=1S/C23H28N2O5/c1-5-6-11-25-18-9-8-17(12-15(18)7-10-21(25)26)24-23(27)16-13-19(28-2)22(30-4)20(14-16)29-3/h8-9,12-14H,5-7,10-11H2,1-4H3,(H,24,27). The van der Waals surface area contributed by atoms with Crippen LogP contribution in [-0.4, -0.2) is 39.7 Å². The van der Waals surface area contributed by atoms with Crippen LogP contribution < -0.4 is 24.4 Å². The van der Waals surface area contributed by atoms with E-state index in [9.17, 15) is 9.59 Å². The van der Waals surface area contributed by atoms with E-state index < -0.39 is 0 Å². The molecule has 3 rings (SSSR count). The van der Waals surface area contributed by atoms with E-state index in [0.717, 1.165) is 30.6 Å². The fourth-order valence-electron chi connectivity index (χ4n) is 3.61. The van der Waals surface area contributed by atoms with Gasteiger partial charge >= 0.3 is 0 Å². The van der Waals surface area contributed by atoms with E-state index in [-0.39, 0.29) is 11.8 Å². The Labute approximate surface area is 176 Å². The first-order chi connectivity index (χ1) is 14.5. The van der Waals surface area contributed by atoms with Crippen LogP contribution in [0.2, 0.25) is 0 Å². The average molecular weight is 412 g/mol. The second-order valence-corrected chi connectivity index (χ2v) is 7.11. The molecular weight excluding hydrogens is 384 g/mol. The number of hydrogen-bond donors (Lipinski definition) is 1. The van der Waals surface area contributed by atoms with E-state index in [1.165, 1.54) is 21.3 Å². The highest BCUT2D eigenvalue weighted by Crippen LogP contribution is 2.38. The van der Waals surface area contributed by atoms with Crippen LogP contribution in [0.3, 0.4) is 0 Å². The van der Waals surface area contributed by atoms with Gasteiger partial charge in [-0.05, 0) is 48.7 Å². The van der Waals surface area contributed by atoms with Crippen LogP contribution in [-0.2, 0) is 11.2 Å². The van der Waals surface area contributed by atoms with Crippen LogP contribution in [0.5, 0.6) is 17.2 Å². The van der Waals surface area contributed by atoms with E-state index in [1.54, 1.807) is 12.1 Å². The number of aryl methyl sites for hydroxylation is 1. The van der Waals surface area contributed by atoms with Crippen LogP contribution in [0.4, 0.5) is 11.4 Å². The smallest absolute Gasteiger partial charge is 0.255 e. The quantitative estimate of drug-likeness (QED) is 0.708. The highest BCUT2D eigenvalue weighted by molar-refractivity contribution is 6.05. The molecule has 1 aliphatic rings. The number of methoxy groups -OCH3 is 3. The van der Waals surface area contributed by atoms with Crippen molar-refractivity contribution in [1.82, 2.24) is 0 Å². The van der Waals surface area contributed by atoms with Gasteiger partial charge in [0.2, 0.25) is 11.7 Å². The third kappa shape index (κ3) is 4.35. The minimum atomic E-state index is -0.288. The minimum Gasteiger partial charge on any atom is -0.493 e. The molecule has 2 amide bonds. The minimum absolute atomic E-state index is 0.158. The fraction of sp³-hybridized carbons (Fsp3) is 0.391. The van der Waals surface area contributed by atoms with E-state index in [1.807, 2.05) is 23.1 Å². The van der Waals surface area contributed by atoms with Crippen LogP contribution in [0.25, 0.3) is 0 Å². The Bertz CT molecular complexity index is 916. The van der Waals surface area contributed by atoms with Crippen LogP contribution >= 0.6 is 0 Å². The first-order valence-electron chi connectivity index (χ1n) is 10.1. The number of benzene rings is 2. The topological polar surface area (TPSA) is 77.1 Å². The van der Waals surface area contributed by atoms with Gasteiger partial charge in [0, 0.05) is 29.9 Å². The highest BCUT2D eigenvalue weighted by atomic mass is 16.5. The third-order valence-corrected chi connectivity index (χ3v) is 5.20. The summed E-state index contributed by atoms with van der Waals surface area (Å²) in [5.74, 6) is 1.13. The number of nitrogens with one attached hydrogen (secondary N) is 1. The van der Waals surface area contributed by atoms with Gasteiger partial charge in [0.25, 0.3) is 5.91 Å². The number of amides is 2. The lowest BCUT2D eigenvalue weighted by Crippen LogP contribution is -2.35. The van der Waals surface area contributed by atoms with Crippen molar-refractivity contribution in [2.45, 2.75) is 32.6 Å². The van der Waals surface area contributed by atoms with Gasteiger partial charge in [0.1, 0.15) is 0 Å². The van der Waals surface area contributed by atoms with E-state index in [4.69, 9.17) is 14.2 Å². The molecule has 30 heavy (non-hydrogen) atoms. The maximum absolute atomic E-state index is 12.8. The van der Waals surface area contributed by atoms with Crippen molar-refractivity contribution in [3.8, 4) is 17.2 Å². The van der Waals surface area contributed by atoms with Crippen molar-refractivity contribution in [1.29, 1.82) is 0 Å². The molecule has 0 unspecified atom stereocenters. The summed E-state index contributed by atoms with van der Waals surface area (Å²) in [6.45, 7) is 2.83. The Kier molecular flexibility index (Phi) is 6.82. The zero-order chi connectivity index (χ0) is 21.7. The number of carbonyl (C=O) groups is 2. The first-order valence-corrected chi connectivity index (χ1v) is 10.1. The van der Waals surface area contributed by atoms with Crippen LogP contribution in [0, 0.1) is 0 Å². The van der Waals surface area contributed by atoms with Crippen LogP contribution in [0.15, 0.2) is 30.3 Å². The van der Waals surface area contributed by atoms with Crippen molar-refractivity contribution in [2.24, 2.45) is 0 Å². The molecule has 7 nitrogen and oxygen atoms in total. The van der Waals surface area contributed by atoms with Gasteiger partial charge in [0.05, 0.1) is 21.3 Å². The van der Waals surface area contributed by atoms with Gasteiger partial charge < -0.3 is 24.4 Å². The van der Waals surface area contributed by atoms with Gasteiger partial charge in [0.15, 0.2) is 11.5 Å². The number of rotatable bonds is 8. The third-order valence-electron chi connectivity index (χ3n) is 5.20. The van der Waals surface area contributed by atoms with E-state index in [0.29, 0.717) is 41.3 Å². The van der Waals surface area contributed by atoms with Crippen molar-refractivity contribution < 1.29 is 23.8 Å². The Morgan fingerprint density at radius 2 is 1.73 bits per heavy atom. The van der Waals surface area contributed by atoms with E-state index >= 15 is 0 Å². The second kappa shape index (κ2) is 9.52. The summed E-state index contributed by atoms with van der Waals surface area (Å²) < 4.78 is 16.0. The lowest BCUT2D eigenvalue weighted by Gasteiger charge is -2.29. The molecule has 0 saturated carbocycles. The van der Waals surface area contributed by atoms with Gasteiger partial charge in [-0.2, -0.15) is 0 Å². The molecule has 0 radical (unpaired) electrons. The van der Waals surface area contributed by atoms with E-state index in [2.05, 4.69) is 12.2 Å². The molecule has 0 saturated heterocycles. The number of unbranched alkanes of at least 4 members (excludes halogenated alkanes) is 1. The zero-order valence-corrected chi connectivity index (χ0v) is 17.9. The summed E-state index contributed by atoms with van der Waals surface area (Å²) in [5, 5.41) is 2.92. The summed E-state index contributed by atoms with van der Waals surface area (Å²) >= 11 is 0. The monoisotopic (exact) mass is 412 g/mol. The maximum Gasteiger partial charge on any atom is 0.255 e. The predicted molar refractivity (Wildman–Crippen MR) is 116 cm³/mol. The fourth-order valence-corrected chi connectivity index (χ4v) is 3.61. The summed E-state index contributed by atoms with van der Waals surface area (Å²) in [6, 6.07) is 8.90. The SMILES string of the molecule is CCCCN1C(=O)CCc2cc(NC(=O)c3cc(OC)c(OC)c(OC)c3)ccc21. The summed E-state index contributed by atoms with van der Waals surface area (Å²) in [7, 11) is 4.53. The Hall–Kier alpha value is -3.22. The first kappa shape index (κ1) is 21.5. The molecular formula is C23H28N2O5. The summed E-state index contributed by atoms with van der Waals surface area (Å²) in [6.07, 6.45) is 3.15. The Balaban J connectivity index is 1.84. The van der Waals surface area contributed by atoms with Crippen molar-refractivity contribution in [3.63, 3.8) is 0 Å². The van der Waals surface area contributed by atoms with Gasteiger partial charge in [-0.3, -0.25) is 9.59 Å². The van der Waals surface area contributed by atoms with Gasteiger partial charge in [-0.25, -0.2) is 0 Å².